The molecule has 1 N–H and O–H groups in total. The number of imidazole rings is 1. The minimum Gasteiger partial charge on any atom is -0.327 e. The topological polar surface area (TPSA) is 29.9 Å². The van der Waals surface area contributed by atoms with Gasteiger partial charge in [0.25, 0.3) is 0 Å². The lowest BCUT2D eigenvalue weighted by Gasteiger charge is -2.29. The van der Waals surface area contributed by atoms with Crippen molar-refractivity contribution in [1.29, 1.82) is 0 Å². The maximum Gasteiger partial charge on any atom is 0.106 e. The van der Waals surface area contributed by atoms with Crippen LogP contribution < -0.4 is 5.32 Å². The van der Waals surface area contributed by atoms with Crippen LogP contribution >= 0.6 is 0 Å². The van der Waals surface area contributed by atoms with E-state index in [4.69, 9.17) is 0 Å². The van der Waals surface area contributed by atoms with Crippen LogP contribution in [-0.4, -0.2) is 22.1 Å². The highest BCUT2D eigenvalue weighted by atomic mass is 15.1. The van der Waals surface area contributed by atoms with E-state index in [1.165, 1.54) is 31.2 Å². The summed E-state index contributed by atoms with van der Waals surface area (Å²) in [5.74, 6) is 1.94. The first-order valence-electron chi connectivity index (χ1n) is 7.91. The minimum absolute atomic E-state index is 0.707. The summed E-state index contributed by atoms with van der Waals surface area (Å²) in [5, 5.41) is 3.75. The van der Waals surface area contributed by atoms with Crippen LogP contribution in [0.5, 0.6) is 0 Å². The normalized spacial score (nSPS) is 23.3. The average molecular weight is 271 g/mol. The van der Waals surface area contributed by atoms with Gasteiger partial charge in [0.15, 0.2) is 0 Å². The summed E-state index contributed by atoms with van der Waals surface area (Å²) in [7, 11) is 0. The molecule has 1 aliphatic rings. The van der Waals surface area contributed by atoms with E-state index in [-0.39, 0.29) is 0 Å². The van der Waals surface area contributed by atoms with Gasteiger partial charge in [0.1, 0.15) is 5.82 Å². The van der Waals surface area contributed by atoms with E-state index in [1.54, 1.807) is 0 Å². The number of nitrogens with one attached hydrogen (secondary N) is 1. The van der Waals surface area contributed by atoms with Gasteiger partial charge in [-0.2, -0.15) is 0 Å². The summed E-state index contributed by atoms with van der Waals surface area (Å²) in [6.45, 7) is 6.53. The van der Waals surface area contributed by atoms with Gasteiger partial charge in [-0.1, -0.05) is 31.9 Å². The average Bonchev–Trinajstić information content (AvgIpc) is 2.77. The standard InChI is InChI=1S/C17H25N3/c1-13-7-3-4-8-15(13)18-11-12-20-14(2)19-16-9-5-6-10-17(16)20/h5-6,9-10,13,15,18H,3-4,7-8,11-12H2,1-2H3. The van der Waals surface area contributed by atoms with E-state index in [0.29, 0.717) is 6.04 Å². The molecule has 0 amide bonds. The molecule has 3 nitrogen and oxygen atoms in total. The molecule has 0 bridgehead atoms. The van der Waals surface area contributed by atoms with Gasteiger partial charge in [-0.05, 0) is 37.8 Å². The number of hydrogen-bond donors (Lipinski definition) is 1. The van der Waals surface area contributed by atoms with Crippen LogP contribution in [0.15, 0.2) is 24.3 Å². The van der Waals surface area contributed by atoms with Gasteiger partial charge in [0, 0.05) is 19.1 Å². The lowest BCUT2D eigenvalue weighted by atomic mass is 9.86. The summed E-state index contributed by atoms with van der Waals surface area (Å²) >= 11 is 0. The summed E-state index contributed by atoms with van der Waals surface area (Å²) < 4.78 is 2.33. The Hall–Kier alpha value is -1.35. The van der Waals surface area contributed by atoms with E-state index < -0.39 is 0 Å². The monoisotopic (exact) mass is 271 g/mol. The van der Waals surface area contributed by atoms with Gasteiger partial charge in [-0.3, -0.25) is 0 Å². The van der Waals surface area contributed by atoms with Crippen molar-refractivity contribution in [1.82, 2.24) is 14.9 Å². The zero-order valence-electron chi connectivity index (χ0n) is 12.6. The third kappa shape index (κ3) is 2.73. The molecule has 3 rings (SSSR count). The van der Waals surface area contributed by atoms with Crippen LogP contribution in [0.3, 0.4) is 0 Å². The molecule has 0 saturated heterocycles. The van der Waals surface area contributed by atoms with E-state index in [0.717, 1.165) is 30.3 Å². The molecule has 2 unspecified atom stereocenters. The smallest absolute Gasteiger partial charge is 0.106 e. The molecule has 1 heterocycles. The van der Waals surface area contributed by atoms with Crippen LogP contribution in [0.2, 0.25) is 0 Å². The number of hydrogen-bond acceptors (Lipinski definition) is 2. The van der Waals surface area contributed by atoms with Crippen LogP contribution in [0, 0.1) is 12.8 Å². The first-order chi connectivity index (χ1) is 9.75. The number of aryl methyl sites for hydroxylation is 1. The first-order valence-corrected chi connectivity index (χ1v) is 7.91. The molecule has 1 aromatic heterocycles. The van der Waals surface area contributed by atoms with Gasteiger partial charge in [0.2, 0.25) is 0 Å². The molecular weight excluding hydrogens is 246 g/mol. The fraction of sp³-hybridized carbons (Fsp3) is 0.588. The Morgan fingerprint density at radius 1 is 1.25 bits per heavy atom. The number of aromatic nitrogens is 2. The zero-order valence-corrected chi connectivity index (χ0v) is 12.6. The molecule has 0 radical (unpaired) electrons. The predicted molar refractivity (Wildman–Crippen MR) is 83.9 cm³/mol. The molecule has 1 saturated carbocycles. The molecule has 20 heavy (non-hydrogen) atoms. The lowest BCUT2D eigenvalue weighted by molar-refractivity contribution is 0.278. The van der Waals surface area contributed by atoms with Gasteiger partial charge >= 0.3 is 0 Å². The summed E-state index contributed by atoms with van der Waals surface area (Å²) in [6, 6.07) is 9.12. The van der Waals surface area contributed by atoms with Crippen LogP contribution in [0.1, 0.15) is 38.4 Å². The van der Waals surface area contributed by atoms with E-state index in [9.17, 15) is 0 Å². The van der Waals surface area contributed by atoms with Gasteiger partial charge < -0.3 is 9.88 Å². The maximum absolute atomic E-state index is 4.63. The Bertz CT molecular complexity index is 573. The summed E-state index contributed by atoms with van der Waals surface area (Å²) in [5.41, 5.74) is 2.36. The third-order valence-corrected chi connectivity index (χ3v) is 4.70. The van der Waals surface area contributed by atoms with E-state index in [1.807, 2.05) is 0 Å². The molecule has 2 atom stereocenters. The molecule has 0 aliphatic heterocycles. The molecule has 2 aromatic rings. The Kier molecular flexibility index (Phi) is 4.06. The molecule has 108 valence electrons. The Labute approximate surface area is 121 Å². The fourth-order valence-corrected chi connectivity index (χ4v) is 3.46. The molecule has 1 fully saturated rings. The molecular formula is C17H25N3. The molecule has 1 aromatic carbocycles. The van der Waals surface area contributed by atoms with Crippen molar-refractivity contribution >= 4 is 11.0 Å². The highest BCUT2D eigenvalue weighted by Crippen LogP contribution is 2.23. The second-order valence-corrected chi connectivity index (χ2v) is 6.12. The third-order valence-electron chi connectivity index (χ3n) is 4.70. The molecule has 0 spiro atoms. The number of para-hydroxylation sites is 2. The first kappa shape index (κ1) is 13.6. The summed E-state index contributed by atoms with van der Waals surface area (Å²) in [6.07, 6.45) is 5.51. The Morgan fingerprint density at radius 2 is 2.05 bits per heavy atom. The molecule has 1 aliphatic carbocycles. The SMILES string of the molecule is Cc1nc2ccccc2n1CCNC1CCCCC1C. The highest BCUT2D eigenvalue weighted by molar-refractivity contribution is 5.75. The summed E-state index contributed by atoms with van der Waals surface area (Å²) in [4.78, 5) is 4.63. The lowest BCUT2D eigenvalue weighted by Crippen LogP contribution is -2.38. The van der Waals surface area contributed by atoms with E-state index >= 15 is 0 Å². The van der Waals surface area contributed by atoms with Crippen LogP contribution in [0.25, 0.3) is 11.0 Å². The Morgan fingerprint density at radius 3 is 2.90 bits per heavy atom. The molecule has 3 heteroatoms. The fourth-order valence-electron chi connectivity index (χ4n) is 3.46. The maximum atomic E-state index is 4.63. The number of benzene rings is 1. The van der Waals surface area contributed by atoms with Crippen molar-refractivity contribution < 1.29 is 0 Å². The van der Waals surface area contributed by atoms with Crippen molar-refractivity contribution in [2.24, 2.45) is 5.92 Å². The zero-order chi connectivity index (χ0) is 13.9. The highest BCUT2D eigenvalue weighted by Gasteiger charge is 2.20. The second kappa shape index (κ2) is 5.96. The Balaban J connectivity index is 1.63. The van der Waals surface area contributed by atoms with Crippen LogP contribution in [-0.2, 0) is 6.54 Å². The van der Waals surface area contributed by atoms with Gasteiger partial charge in [0.05, 0.1) is 11.0 Å². The predicted octanol–water partition coefficient (Wildman–Crippen LogP) is 3.51. The van der Waals surface area contributed by atoms with Crippen molar-refractivity contribution in [2.75, 3.05) is 6.54 Å². The number of rotatable bonds is 4. The van der Waals surface area contributed by atoms with Gasteiger partial charge in [-0.15, -0.1) is 0 Å². The van der Waals surface area contributed by atoms with Crippen LogP contribution in [0.4, 0.5) is 0 Å². The second-order valence-electron chi connectivity index (χ2n) is 6.12. The van der Waals surface area contributed by atoms with Crippen molar-refractivity contribution in [3.63, 3.8) is 0 Å². The quantitative estimate of drug-likeness (QED) is 0.922. The minimum atomic E-state index is 0.707. The largest absolute Gasteiger partial charge is 0.327 e. The van der Waals surface area contributed by atoms with E-state index in [2.05, 4.69) is 53.0 Å². The number of fused-ring (bicyclic) bond motifs is 1. The van der Waals surface area contributed by atoms with Gasteiger partial charge in [-0.25, -0.2) is 4.98 Å². The number of nitrogens with zero attached hydrogens (tertiary/aromatic N) is 2. The van der Waals surface area contributed by atoms with Crippen molar-refractivity contribution in [3.8, 4) is 0 Å². The van der Waals surface area contributed by atoms with Crippen molar-refractivity contribution in [2.45, 2.75) is 52.1 Å². The van der Waals surface area contributed by atoms with Crippen molar-refractivity contribution in [3.05, 3.63) is 30.1 Å².